The van der Waals surface area contributed by atoms with Crippen LogP contribution in [0.4, 0.5) is 0 Å². The molecule has 2 unspecified atom stereocenters. The van der Waals surface area contributed by atoms with Crippen molar-refractivity contribution in [2.45, 2.75) is 58.6 Å². The summed E-state index contributed by atoms with van der Waals surface area (Å²) in [6.45, 7) is 6.04. The van der Waals surface area contributed by atoms with Gasteiger partial charge in [0.1, 0.15) is 6.10 Å². The maximum atomic E-state index is 6.02. The summed E-state index contributed by atoms with van der Waals surface area (Å²) in [6, 6.07) is 0. The summed E-state index contributed by atoms with van der Waals surface area (Å²) in [5, 5.41) is 3.24. The third-order valence-corrected chi connectivity index (χ3v) is 3.87. The van der Waals surface area contributed by atoms with Gasteiger partial charge in [-0.15, -0.1) is 0 Å². The fraction of sp³-hybridized carbons (Fsp3) is 0.733. The van der Waals surface area contributed by atoms with Crippen molar-refractivity contribution in [3.8, 4) is 5.88 Å². The Morgan fingerprint density at radius 1 is 1.21 bits per heavy atom. The van der Waals surface area contributed by atoms with Gasteiger partial charge in [0.25, 0.3) is 0 Å². The van der Waals surface area contributed by atoms with Crippen LogP contribution in [0.15, 0.2) is 12.4 Å². The van der Waals surface area contributed by atoms with E-state index in [1.807, 2.05) is 6.20 Å². The van der Waals surface area contributed by atoms with Crippen molar-refractivity contribution < 1.29 is 4.74 Å². The first-order valence-electron chi connectivity index (χ1n) is 7.51. The van der Waals surface area contributed by atoms with E-state index in [-0.39, 0.29) is 0 Å². The van der Waals surface area contributed by atoms with Crippen LogP contribution in [0.2, 0.25) is 0 Å². The monoisotopic (exact) mass is 263 g/mol. The molecule has 106 valence electrons. The number of rotatable bonds is 6. The van der Waals surface area contributed by atoms with Gasteiger partial charge in [0, 0.05) is 6.54 Å². The second-order valence-corrected chi connectivity index (χ2v) is 5.24. The van der Waals surface area contributed by atoms with Crippen LogP contribution in [0.5, 0.6) is 5.88 Å². The zero-order valence-corrected chi connectivity index (χ0v) is 12.1. The number of ether oxygens (including phenoxy) is 1. The number of nitrogens with zero attached hydrogens (tertiary/aromatic N) is 2. The maximum absolute atomic E-state index is 6.02. The highest BCUT2D eigenvalue weighted by molar-refractivity contribution is 5.08. The lowest BCUT2D eigenvalue weighted by Crippen LogP contribution is -2.30. The van der Waals surface area contributed by atoms with E-state index >= 15 is 0 Å². The van der Waals surface area contributed by atoms with E-state index in [0.29, 0.717) is 17.9 Å². The first-order chi connectivity index (χ1) is 9.33. The lowest BCUT2D eigenvalue weighted by molar-refractivity contribution is 0.0853. The maximum Gasteiger partial charge on any atom is 0.232 e. The Balaban J connectivity index is 1.90. The van der Waals surface area contributed by atoms with E-state index in [9.17, 15) is 0 Å². The fourth-order valence-electron chi connectivity index (χ4n) is 2.70. The lowest BCUT2D eigenvalue weighted by atomic mass is 9.85. The molecule has 19 heavy (non-hydrogen) atoms. The van der Waals surface area contributed by atoms with Crippen molar-refractivity contribution in [2.75, 3.05) is 6.54 Å². The smallest absolute Gasteiger partial charge is 0.232 e. The Labute approximate surface area is 116 Å². The fourth-order valence-corrected chi connectivity index (χ4v) is 2.70. The van der Waals surface area contributed by atoms with Gasteiger partial charge in [-0.1, -0.05) is 20.3 Å². The largest absolute Gasteiger partial charge is 0.473 e. The minimum Gasteiger partial charge on any atom is -0.473 e. The van der Waals surface area contributed by atoms with Gasteiger partial charge in [-0.05, 0) is 38.1 Å². The Kier molecular flexibility index (Phi) is 5.58. The average Bonchev–Trinajstić information content (AvgIpc) is 2.47. The second kappa shape index (κ2) is 7.43. The topological polar surface area (TPSA) is 47.0 Å². The summed E-state index contributed by atoms with van der Waals surface area (Å²) in [7, 11) is 0. The zero-order chi connectivity index (χ0) is 13.5. The molecule has 1 aliphatic carbocycles. The third kappa shape index (κ3) is 4.16. The molecule has 2 rings (SSSR count). The molecule has 1 fully saturated rings. The number of nitrogens with one attached hydrogen (secondary N) is 1. The number of aromatic nitrogens is 2. The van der Waals surface area contributed by atoms with E-state index in [1.54, 1.807) is 6.20 Å². The second-order valence-electron chi connectivity index (χ2n) is 5.24. The summed E-state index contributed by atoms with van der Waals surface area (Å²) in [5.74, 6) is 1.35. The summed E-state index contributed by atoms with van der Waals surface area (Å²) in [5.41, 5.74) is 0.963. The predicted molar refractivity (Wildman–Crippen MR) is 76.1 cm³/mol. The van der Waals surface area contributed by atoms with Crippen molar-refractivity contribution >= 4 is 0 Å². The van der Waals surface area contributed by atoms with E-state index in [4.69, 9.17) is 4.74 Å². The van der Waals surface area contributed by atoms with E-state index in [2.05, 4.69) is 29.1 Å². The van der Waals surface area contributed by atoms with Crippen LogP contribution in [0.25, 0.3) is 0 Å². The Bertz CT molecular complexity index is 366. The van der Waals surface area contributed by atoms with Gasteiger partial charge >= 0.3 is 0 Å². The molecule has 2 atom stereocenters. The van der Waals surface area contributed by atoms with Crippen molar-refractivity contribution in [3.05, 3.63) is 18.1 Å². The molecule has 1 heterocycles. The van der Waals surface area contributed by atoms with Crippen molar-refractivity contribution in [3.63, 3.8) is 0 Å². The molecule has 0 aliphatic heterocycles. The molecule has 0 aromatic carbocycles. The Morgan fingerprint density at radius 3 is 2.74 bits per heavy atom. The summed E-state index contributed by atoms with van der Waals surface area (Å²) in [6.07, 6.45) is 10.1. The van der Waals surface area contributed by atoms with Crippen LogP contribution in [0, 0.1) is 5.92 Å². The quantitative estimate of drug-likeness (QED) is 0.857. The molecule has 0 amide bonds. The molecule has 1 aliphatic rings. The average molecular weight is 263 g/mol. The number of hydrogen-bond donors (Lipinski definition) is 1. The molecule has 1 N–H and O–H groups in total. The minimum absolute atomic E-state index is 0.327. The molecule has 1 aromatic heterocycles. The normalized spacial score (nSPS) is 23.3. The summed E-state index contributed by atoms with van der Waals surface area (Å²) in [4.78, 5) is 8.75. The van der Waals surface area contributed by atoms with E-state index in [0.717, 1.165) is 25.2 Å². The molecule has 4 heteroatoms. The van der Waals surface area contributed by atoms with E-state index in [1.165, 1.54) is 25.7 Å². The summed E-state index contributed by atoms with van der Waals surface area (Å²) < 4.78 is 6.02. The first kappa shape index (κ1) is 14.3. The highest BCUT2D eigenvalue weighted by atomic mass is 16.5. The third-order valence-electron chi connectivity index (χ3n) is 3.87. The molecule has 4 nitrogen and oxygen atoms in total. The van der Waals surface area contributed by atoms with Crippen LogP contribution in [-0.2, 0) is 6.54 Å². The standard InChI is InChI=1S/C15H25N3O/c1-3-12-7-5-6-8-14(12)19-15-11-17-13(10-18-15)9-16-4-2/h10-12,14,16H,3-9H2,1-2H3. The van der Waals surface area contributed by atoms with E-state index < -0.39 is 0 Å². The molecule has 0 radical (unpaired) electrons. The first-order valence-corrected chi connectivity index (χ1v) is 7.51. The van der Waals surface area contributed by atoms with Crippen molar-refractivity contribution in [2.24, 2.45) is 5.92 Å². The molecule has 1 saturated carbocycles. The number of hydrogen-bond acceptors (Lipinski definition) is 4. The van der Waals surface area contributed by atoms with Crippen molar-refractivity contribution in [1.82, 2.24) is 15.3 Å². The van der Waals surface area contributed by atoms with Crippen LogP contribution in [0.1, 0.15) is 51.6 Å². The predicted octanol–water partition coefficient (Wildman–Crippen LogP) is 2.93. The van der Waals surface area contributed by atoms with Gasteiger partial charge in [-0.2, -0.15) is 0 Å². The van der Waals surface area contributed by atoms with Gasteiger partial charge in [0.15, 0.2) is 0 Å². The molecule has 1 aromatic rings. The highest BCUT2D eigenvalue weighted by Crippen LogP contribution is 2.29. The molecular formula is C15H25N3O. The lowest BCUT2D eigenvalue weighted by Gasteiger charge is -2.30. The SMILES string of the molecule is CCNCc1cnc(OC2CCCCC2CC)cn1. The molecule has 0 saturated heterocycles. The Morgan fingerprint density at radius 2 is 2.05 bits per heavy atom. The minimum atomic E-state index is 0.327. The van der Waals surface area contributed by atoms with Gasteiger partial charge < -0.3 is 10.1 Å². The molecular weight excluding hydrogens is 238 g/mol. The van der Waals surface area contributed by atoms with Crippen molar-refractivity contribution in [1.29, 1.82) is 0 Å². The van der Waals surface area contributed by atoms with Crippen LogP contribution >= 0.6 is 0 Å². The van der Waals surface area contributed by atoms with Crippen LogP contribution in [-0.4, -0.2) is 22.6 Å². The van der Waals surface area contributed by atoms with Gasteiger partial charge in [0.2, 0.25) is 5.88 Å². The van der Waals surface area contributed by atoms with Gasteiger partial charge in [0.05, 0.1) is 18.1 Å². The van der Waals surface area contributed by atoms with Gasteiger partial charge in [-0.3, -0.25) is 4.98 Å². The summed E-state index contributed by atoms with van der Waals surface area (Å²) >= 11 is 0. The molecule has 0 spiro atoms. The highest BCUT2D eigenvalue weighted by Gasteiger charge is 2.25. The zero-order valence-electron chi connectivity index (χ0n) is 12.1. The van der Waals surface area contributed by atoms with Crippen LogP contribution < -0.4 is 10.1 Å². The molecule has 0 bridgehead atoms. The van der Waals surface area contributed by atoms with Gasteiger partial charge in [-0.25, -0.2) is 4.98 Å². The Hall–Kier alpha value is -1.16. The van der Waals surface area contributed by atoms with Crippen LogP contribution in [0.3, 0.4) is 0 Å².